The SMILES string of the molecule is NC(=O)c1nc(SCC2=C(C(=O)O)N3C(=O)C(NC(=O)C(O)c4ccccc4)[C@@H]3SC2)n[nH]1. The number of H-pyrrole nitrogens is 1. The third kappa shape index (κ3) is 4.44. The number of aromatic nitrogens is 3. The van der Waals surface area contributed by atoms with Crippen LogP contribution in [0, 0.1) is 0 Å². The highest BCUT2D eigenvalue weighted by atomic mass is 32.2. The molecule has 1 fully saturated rings. The van der Waals surface area contributed by atoms with Gasteiger partial charge in [-0.1, -0.05) is 42.1 Å². The van der Waals surface area contributed by atoms with E-state index in [1.165, 1.54) is 11.8 Å². The van der Waals surface area contributed by atoms with Crippen molar-refractivity contribution >= 4 is 47.2 Å². The van der Waals surface area contributed by atoms with E-state index in [4.69, 9.17) is 5.73 Å². The number of nitrogens with two attached hydrogens (primary N) is 1. The van der Waals surface area contributed by atoms with Crippen LogP contribution in [-0.4, -0.2) is 76.9 Å². The molecular formula is C19H18N6O6S2. The molecule has 6 N–H and O–H groups in total. The molecule has 4 rings (SSSR count). The van der Waals surface area contributed by atoms with Crippen molar-refractivity contribution in [1.29, 1.82) is 0 Å². The van der Waals surface area contributed by atoms with Gasteiger partial charge in [0.15, 0.2) is 6.10 Å². The molecule has 1 aromatic heterocycles. The number of carboxylic acids is 1. The molecule has 0 spiro atoms. The minimum Gasteiger partial charge on any atom is -0.477 e. The van der Waals surface area contributed by atoms with E-state index >= 15 is 0 Å². The van der Waals surface area contributed by atoms with Gasteiger partial charge in [0.25, 0.3) is 17.7 Å². The summed E-state index contributed by atoms with van der Waals surface area (Å²) in [6, 6.07) is 7.32. The quantitative estimate of drug-likeness (QED) is 0.237. The predicted octanol–water partition coefficient (Wildman–Crippen LogP) is -0.532. The van der Waals surface area contributed by atoms with Crippen molar-refractivity contribution in [2.75, 3.05) is 11.5 Å². The number of hydrogen-bond acceptors (Lipinski definition) is 9. The summed E-state index contributed by atoms with van der Waals surface area (Å²) in [7, 11) is 0. The van der Waals surface area contributed by atoms with Gasteiger partial charge in [-0.25, -0.2) is 4.79 Å². The minimum absolute atomic E-state index is 0.114. The summed E-state index contributed by atoms with van der Waals surface area (Å²) in [6.07, 6.45) is -1.45. The lowest BCUT2D eigenvalue weighted by atomic mass is 10.0. The summed E-state index contributed by atoms with van der Waals surface area (Å²) >= 11 is 2.39. The number of β-lactam (4-membered cyclic amide) rings is 1. The van der Waals surface area contributed by atoms with Crippen molar-refractivity contribution in [3.63, 3.8) is 0 Å². The molecule has 1 saturated heterocycles. The van der Waals surface area contributed by atoms with Crippen LogP contribution < -0.4 is 11.1 Å². The number of carbonyl (C=O) groups is 4. The topological polar surface area (TPSA) is 192 Å². The molecule has 1 aromatic carbocycles. The number of thioether (sulfide) groups is 2. The molecule has 0 saturated carbocycles. The molecule has 14 heteroatoms. The second-order valence-corrected chi connectivity index (χ2v) is 9.13. The van der Waals surface area contributed by atoms with Crippen molar-refractivity contribution in [3.8, 4) is 0 Å². The highest BCUT2D eigenvalue weighted by Gasteiger charge is 2.54. The Morgan fingerprint density at radius 1 is 1.33 bits per heavy atom. The number of aliphatic carboxylic acids is 1. The smallest absolute Gasteiger partial charge is 0.352 e. The number of aromatic amines is 1. The molecule has 12 nitrogen and oxygen atoms in total. The zero-order valence-electron chi connectivity index (χ0n) is 16.8. The molecule has 3 atom stereocenters. The molecule has 3 amide bonds. The maximum atomic E-state index is 12.7. The van der Waals surface area contributed by atoms with Crippen molar-refractivity contribution in [2.45, 2.75) is 22.7 Å². The predicted molar refractivity (Wildman–Crippen MR) is 117 cm³/mol. The van der Waals surface area contributed by atoms with Gasteiger partial charge in [0.2, 0.25) is 11.0 Å². The van der Waals surface area contributed by atoms with E-state index in [9.17, 15) is 29.4 Å². The first-order chi connectivity index (χ1) is 15.8. The van der Waals surface area contributed by atoms with Crippen LogP contribution in [0.15, 0.2) is 46.8 Å². The van der Waals surface area contributed by atoms with Gasteiger partial charge < -0.3 is 21.3 Å². The maximum Gasteiger partial charge on any atom is 0.352 e. The van der Waals surface area contributed by atoms with E-state index in [1.807, 2.05) is 0 Å². The molecule has 2 aliphatic heterocycles. The van der Waals surface area contributed by atoms with Crippen LogP contribution in [0.4, 0.5) is 0 Å². The highest BCUT2D eigenvalue weighted by Crippen LogP contribution is 2.41. The first-order valence-electron chi connectivity index (χ1n) is 9.56. The molecule has 33 heavy (non-hydrogen) atoms. The highest BCUT2D eigenvalue weighted by molar-refractivity contribution is 8.01. The number of hydrogen-bond donors (Lipinski definition) is 5. The molecule has 0 aliphatic carbocycles. The molecule has 0 bridgehead atoms. The fraction of sp³-hybridized carbons (Fsp3) is 0.263. The number of aliphatic hydroxyl groups is 1. The molecule has 2 aliphatic rings. The summed E-state index contributed by atoms with van der Waals surface area (Å²) in [4.78, 5) is 53.3. The lowest BCUT2D eigenvalue weighted by molar-refractivity contribution is -0.151. The van der Waals surface area contributed by atoms with Crippen LogP contribution in [0.1, 0.15) is 22.3 Å². The van der Waals surface area contributed by atoms with E-state index in [2.05, 4.69) is 20.5 Å². The number of carbonyl (C=O) groups excluding carboxylic acids is 3. The second-order valence-electron chi connectivity index (χ2n) is 7.09. The number of rotatable bonds is 8. The van der Waals surface area contributed by atoms with E-state index in [0.29, 0.717) is 16.9 Å². The van der Waals surface area contributed by atoms with E-state index < -0.39 is 41.2 Å². The van der Waals surface area contributed by atoms with Crippen molar-refractivity contribution in [3.05, 3.63) is 53.0 Å². The molecule has 172 valence electrons. The monoisotopic (exact) mass is 490 g/mol. The summed E-state index contributed by atoms with van der Waals surface area (Å²) in [5, 5.41) is 28.3. The number of carboxylic acid groups (broad SMARTS) is 1. The Hall–Kier alpha value is -3.36. The van der Waals surface area contributed by atoms with Crippen LogP contribution >= 0.6 is 23.5 Å². The van der Waals surface area contributed by atoms with Gasteiger partial charge in [0.1, 0.15) is 17.1 Å². The summed E-state index contributed by atoms with van der Waals surface area (Å²) < 4.78 is 0. The third-order valence-electron chi connectivity index (χ3n) is 4.99. The van der Waals surface area contributed by atoms with Gasteiger partial charge in [-0.05, 0) is 11.1 Å². The van der Waals surface area contributed by atoms with E-state index in [0.717, 1.165) is 16.7 Å². The molecular weight excluding hydrogens is 472 g/mol. The van der Waals surface area contributed by atoms with Gasteiger partial charge in [0, 0.05) is 11.5 Å². The fourth-order valence-electron chi connectivity index (χ4n) is 3.39. The lowest BCUT2D eigenvalue weighted by Gasteiger charge is -2.49. The van der Waals surface area contributed by atoms with Crippen molar-refractivity contribution in [2.24, 2.45) is 5.73 Å². The Morgan fingerprint density at radius 3 is 2.70 bits per heavy atom. The zero-order chi connectivity index (χ0) is 23.7. The zero-order valence-corrected chi connectivity index (χ0v) is 18.4. The van der Waals surface area contributed by atoms with Crippen LogP contribution in [-0.2, 0) is 14.4 Å². The molecule has 3 heterocycles. The Balaban J connectivity index is 1.45. The Kier molecular flexibility index (Phi) is 6.40. The average Bonchev–Trinajstić information content (AvgIpc) is 3.29. The molecule has 2 aromatic rings. The number of nitrogens with zero attached hydrogens (tertiary/aromatic N) is 3. The van der Waals surface area contributed by atoms with Gasteiger partial charge in [-0.3, -0.25) is 24.4 Å². The normalized spacial score (nSPS) is 20.6. The maximum absolute atomic E-state index is 12.7. The second kappa shape index (κ2) is 9.25. The summed E-state index contributed by atoms with van der Waals surface area (Å²) in [6.45, 7) is 0. The standard InChI is InChI=1S/C19H18N6O6S2/c20-13(27)14-22-19(24-23-14)33-7-9-6-32-17-10(16(29)25(17)11(9)18(30)31)21-15(28)12(26)8-4-2-1-3-5-8/h1-5,10,12,17,26H,6-7H2,(H2,20,27)(H,21,28)(H,30,31)(H,22,23,24)/t10?,12?,17-/m0/s1. The number of aliphatic hydroxyl groups excluding tert-OH is 1. The minimum atomic E-state index is -1.45. The van der Waals surface area contributed by atoms with Gasteiger partial charge in [0.05, 0.1) is 0 Å². The lowest BCUT2D eigenvalue weighted by Crippen LogP contribution is -2.70. The van der Waals surface area contributed by atoms with Crippen molar-refractivity contribution < 1.29 is 29.4 Å². The van der Waals surface area contributed by atoms with Crippen LogP contribution in [0.5, 0.6) is 0 Å². The van der Waals surface area contributed by atoms with E-state index in [1.54, 1.807) is 30.3 Å². The number of amides is 3. The van der Waals surface area contributed by atoms with Crippen LogP contribution in [0.3, 0.4) is 0 Å². The summed E-state index contributed by atoms with van der Waals surface area (Å²) in [5.41, 5.74) is 5.82. The largest absolute Gasteiger partial charge is 0.477 e. The molecule has 2 unspecified atom stereocenters. The summed E-state index contributed by atoms with van der Waals surface area (Å²) in [5.74, 6) is -3.00. The number of primary amides is 1. The van der Waals surface area contributed by atoms with Gasteiger partial charge >= 0.3 is 5.97 Å². The van der Waals surface area contributed by atoms with Gasteiger partial charge in [-0.2, -0.15) is 4.98 Å². The van der Waals surface area contributed by atoms with Gasteiger partial charge in [-0.15, -0.1) is 16.9 Å². The average molecular weight is 491 g/mol. The van der Waals surface area contributed by atoms with Crippen molar-refractivity contribution in [1.82, 2.24) is 25.4 Å². The first kappa shape index (κ1) is 22.8. The van der Waals surface area contributed by atoms with Crippen LogP contribution in [0.25, 0.3) is 0 Å². The van der Waals surface area contributed by atoms with E-state index in [-0.39, 0.29) is 22.4 Å². The molecule has 0 radical (unpaired) electrons. The Morgan fingerprint density at radius 2 is 2.06 bits per heavy atom. The Labute approximate surface area is 195 Å². The number of nitrogens with one attached hydrogen (secondary N) is 2. The fourth-order valence-corrected chi connectivity index (χ4v) is 5.67. The number of benzene rings is 1. The third-order valence-corrected chi connectivity index (χ3v) is 7.26. The Bertz CT molecular complexity index is 1150. The number of fused-ring (bicyclic) bond motifs is 1. The first-order valence-corrected chi connectivity index (χ1v) is 11.6. The van der Waals surface area contributed by atoms with Crippen LogP contribution in [0.2, 0.25) is 0 Å².